The summed E-state index contributed by atoms with van der Waals surface area (Å²) >= 11 is 0. The molecule has 8 nitrogen and oxygen atoms in total. The lowest BCUT2D eigenvalue weighted by Crippen LogP contribution is -2.50. The van der Waals surface area contributed by atoms with Crippen molar-refractivity contribution >= 4 is 17.5 Å². The van der Waals surface area contributed by atoms with Gasteiger partial charge in [0.25, 0.3) is 5.91 Å². The fraction of sp³-hybridized carbons (Fsp3) is 0.500. The number of piperidine rings is 1. The normalized spacial score (nSPS) is 23.4. The van der Waals surface area contributed by atoms with Crippen LogP contribution in [0.5, 0.6) is 0 Å². The van der Waals surface area contributed by atoms with Crippen molar-refractivity contribution in [2.24, 2.45) is 5.92 Å². The molecule has 30 heavy (non-hydrogen) atoms. The lowest BCUT2D eigenvalue weighted by molar-refractivity contribution is 0.0673. The highest BCUT2D eigenvalue weighted by Crippen LogP contribution is 2.35. The highest BCUT2D eigenvalue weighted by Gasteiger charge is 2.41. The van der Waals surface area contributed by atoms with Gasteiger partial charge in [0.15, 0.2) is 11.5 Å². The van der Waals surface area contributed by atoms with Gasteiger partial charge in [-0.3, -0.25) is 4.79 Å². The van der Waals surface area contributed by atoms with E-state index in [4.69, 9.17) is 0 Å². The van der Waals surface area contributed by atoms with Gasteiger partial charge in [0.2, 0.25) is 0 Å². The van der Waals surface area contributed by atoms with Crippen molar-refractivity contribution in [1.29, 1.82) is 5.26 Å². The van der Waals surface area contributed by atoms with Gasteiger partial charge >= 0.3 is 0 Å². The van der Waals surface area contributed by atoms with Crippen molar-refractivity contribution in [1.82, 2.24) is 19.9 Å². The van der Waals surface area contributed by atoms with Gasteiger partial charge in [-0.1, -0.05) is 0 Å². The molecule has 0 unspecified atom stereocenters. The number of carbonyl (C=O) groups excluding carboxylic acids is 1. The Morgan fingerprint density at radius 3 is 2.67 bits per heavy atom. The first-order chi connectivity index (χ1) is 14.7. The van der Waals surface area contributed by atoms with E-state index >= 15 is 0 Å². The SMILES string of the molecule is N#Cc1ccnc(N2CC[C@@H]3CCN(C(=O)c4nccnc4N4CCCC4)C[C@@H]32)c1. The number of nitrogens with zero attached hydrogens (tertiary/aromatic N) is 7. The van der Waals surface area contributed by atoms with Gasteiger partial charge in [-0.05, 0) is 43.7 Å². The summed E-state index contributed by atoms with van der Waals surface area (Å²) in [4.78, 5) is 33.2. The quantitative estimate of drug-likeness (QED) is 0.775. The van der Waals surface area contributed by atoms with Crippen molar-refractivity contribution in [3.05, 3.63) is 42.0 Å². The standard InChI is InChI=1S/C22H25N7O/c23-14-16-3-6-24-19(13-16)29-12-5-17-4-11-28(15-18(17)29)22(30)20-21(26-8-7-25-20)27-9-1-2-10-27/h3,6-8,13,17-18H,1-2,4-5,9-12,15H2/t17-,18-/m0/s1. The van der Waals surface area contributed by atoms with Gasteiger partial charge in [-0.2, -0.15) is 5.26 Å². The number of amides is 1. The number of pyridine rings is 1. The number of rotatable bonds is 3. The Kier molecular flexibility index (Phi) is 4.95. The van der Waals surface area contributed by atoms with Crippen LogP contribution in [0.3, 0.4) is 0 Å². The summed E-state index contributed by atoms with van der Waals surface area (Å²) in [5, 5.41) is 9.23. The summed E-state index contributed by atoms with van der Waals surface area (Å²) in [5.41, 5.74) is 1.08. The number of anilines is 2. The topological polar surface area (TPSA) is 89.2 Å². The second kappa shape index (κ2) is 7.90. The molecule has 0 bridgehead atoms. The summed E-state index contributed by atoms with van der Waals surface area (Å²) in [6, 6.07) is 5.98. The van der Waals surface area contributed by atoms with E-state index in [-0.39, 0.29) is 11.9 Å². The Bertz CT molecular complexity index is 981. The van der Waals surface area contributed by atoms with Gasteiger partial charge in [-0.15, -0.1) is 0 Å². The molecule has 3 aliphatic rings. The van der Waals surface area contributed by atoms with Gasteiger partial charge in [0.1, 0.15) is 5.82 Å². The highest BCUT2D eigenvalue weighted by molar-refractivity contribution is 5.97. The van der Waals surface area contributed by atoms with E-state index in [1.807, 2.05) is 11.0 Å². The summed E-state index contributed by atoms with van der Waals surface area (Å²) in [7, 11) is 0. The predicted molar refractivity (Wildman–Crippen MR) is 112 cm³/mol. The molecule has 2 aromatic heterocycles. The Morgan fingerprint density at radius 2 is 1.83 bits per heavy atom. The lowest BCUT2D eigenvalue weighted by Gasteiger charge is -2.39. The minimum absolute atomic E-state index is 0.0333. The van der Waals surface area contributed by atoms with Gasteiger partial charge in [0.05, 0.1) is 17.7 Å². The van der Waals surface area contributed by atoms with E-state index in [0.717, 1.165) is 57.7 Å². The molecule has 0 radical (unpaired) electrons. The van der Waals surface area contributed by atoms with E-state index in [1.165, 1.54) is 0 Å². The number of hydrogen-bond donors (Lipinski definition) is 0. The second-order valence-corrected chi connectivity index (χ2v) is 8.29. The first-order valence-corrected chi connectivity index (χ1v) is 10.7. The fourth-order valence-corrected chi connectivity index (χ4v) is 5.05. The molecule has 2 atom stereocenters. The number of likely N-dealkylation sites (tertiary alicyclic amines) is 1. The van der Waals surface area contributed by atoms with E-state index < -0.39 is 0 Å². The van der Waals surface area contributed by atoms with Crippen LogP contribution in [0.15, 0.2) is 30.7 Å². The van der Waals surface area contributed by atoms with Crippen LogP contribution in [0, 0.1) is 17.2 Å². The molecule has 154 valence electrons. The lowest BCUT2D eigenvalue weighted by atomic mass is 9.92. The third kappa shape index (κ3) is 3.34. The van der Waals surface area contributed by atoms with Crippen LogP contribution in [0.2, 0.25) is 0 Å². The van der Waals surface area contributed by atoms with Gasteiger partial charge in [0, 0.05) is 51.3 Å². The van der Waals surface area contributed by atoms with Crippen LogP contribution in [0.25, 0.3) is 0 Å². The molecule has 0 aliphatic carbocycles. The molecule has 0 aromatic carbocycles. The number of hydrogen-bond acceptors (Lipinski definition) is 7. The maximum Gasteiger partial charge on any atom is 0.276 e. The molecule has 3 fully saturated rings. The Labute approximate surface area is 176 Å². The highest BCUT2D eigenvalue weighted by atomic mass is 16.2. The van der Waals surface area contributed by atoms with Gasteiger partial charge in [-0.25, -0.2) is 15.0 Å². The molecule has 5 rings (SSSR count). The summed E-state index contributed by atoms with van der Waals surface area (Å²) < 4.78 is 0. The van der Waals surface area contributed by atoms with E-state index in [9.17, 15) is 10.1 Å². The zero-order valence-corrected chi connectivity index (χ0v) is 16.9. The van der Waals surface area contributed by atoms with E-state index in [0.29, 0.717) is 29.5 Å². The Morgan fingerprint density at radius 1 is 1.03 bits per heavy atom. The first-order valence-electron chi connectivity index (χ1n) is 10.7. The molecule has 0 saturated carbocycles. The minimum Gasteiger partial charge on any atom is -0.355 e. The molecule has 0 N–H and O–H groups in total. The summed E-state index contributed by atoms with van der Waals surface area (Å²) in [6.07, 6.45) is 9.29. The number of carbonyl (C=O) groups is 1. The summed E-state index contributed by atoms with van der Waals surface area (Å²) in [5.74, 6) is 2.05. The predicted octanol–water partition coefficient (Wildman–Crippen LogP) is 2.08. The molecule has 5 heterocycles. The second-order valence-electron chi connectivity index (χ2n) is 8.29. The molecule has 1 amide bonds. The van der Waals surface area contributed by atoms with Crippen LogP contribution in [-0.2, 0) is 0 Å². The smallest absolute Gasteiger partial charge is 0.276 e. The van der Waals surface area contributed by atoms with Crippen molar-refractivity contribution in [3.8, 4) is 6.07 Å². The average molecular weight is 403 g/mol. The van der Waals surface area contributed by atoms with Crippen molar-refractivity contribution in [3.63, 3.8) is 0 Å². The van der Waals surface area contributed by atoms with Crippen molar-refractivity contribution in [2.45, 2.75) is 31.7 Å². The van der Waals surface area contributed by atoms with Crippen LogP contribution in [0.4, 0.5) is 11.6 Å². The van der Waals surface area contributed by atoms with Crippen LogP contribution >= 0.6 is 0 Å². The third-order valence-electron chi connectivity index (χ3n) is 6.61. The van der Waals surface area contributed by atoms with Crippen molar-refractivity contribution < 1.29 is 4.79 Å². The molecule has 2 aromatic rings. The van der Waals surface area contributed by atoms with Crippen LogP contribution < -0.4 is 9.80 Å². The molecule has 0 spiro atoms. The fourth-order valence-electron chi connectivity index (χ4n) is 5.05. The molecule has 8 heteroatoms. The van der Waals surface area contributed by atoms with Gasteiger partial charge < -0.3 is 14.7 Å². The molecular weight excluding hydrogens is 378 g/mol. The van der Waals surface area contributed by atoms with Crippen molar-refractivity contribution in [2.75, 3.05) is 42.5 Å². The molecule has 3 saturated heterocycles. The number of aromatic nitrogens is 3. The van der Waals surface area contributed by atoms with Crippen LogP contribution in [-0.4, -0.2) is 64.5 Å². The maximum absolute atomic E-state index is 13.4. The molecule has 3 aliphatic heterocycles. The Hall–Kier alpha value is -3.21. The zero-order chi connectivity index (χ0) is 20.5. The van der Waals surface area contributed by atoms with E-state index in [1.54, 1.807) is 24.7 Å². The average Bonchev–Trinajstić information content (AvgIpc) is 3.48. The number of nitriles is 1. The van der Waals surface area contributed by atoms with E-state index in [2.05, 4.69) is 30.8 Å². The maximum atomic E-state index is 13.4. The molecular formula is C22H25N7O. The summed E-state index contributed by atoms with van der Waals surface area (Å²) in [6.45, 7) is 4.16. The zero-order valence-electron chi connectivity index (χ0n) is 16.9. The van der Waals surface area contributed by atoms with Crippen LogP contribution in [0.1, 0.15) is 41.7 Å². The number of fused-ring (bicyclic) bond motifs is 1. The largest absolute Gasteiger partial charge is 0.355 e. The Balaban J connectivity index is 1.37. The third-order valence-corrected chi connectivity index (χ3v) is 6.61. The minimum atomic E-state index is -0.0333. The first kappa shape index (κ1) is 18.8. The monoisotopic (exact) mass is 403 g/mol.